The number of rotatable bonds is 7. The van der Waals surface area contributed by atoms with E-state index < -0.39 is 6.04 Å². The molecule has 2 amide bonds. The highest BCUT2D eigenvalue weighted by molar-refractivity contribution is 9.10. The van der Waals surface area contributed by atoms with Crippen LogP contribution in [0.25, 0.3) is 0 Å². The highest BCUT2D eigenvalue weighted by atomic mass is 79.9. The maximum absolute atomic E-state index is 12.5. The number of piperazine rings is 1. The van der Waals surface area contributed by atoms with Crippen LogP contribution in [0.3, 0.4) is 0 Å². The Morgan fingerprint density at radius 2 is 1.61 bits per heavy atom. The Morgan fingerprint density at radius 1 is 0.964 bits per heavy atom. The van der Waals surface area contributed by atoms with Crippen LogP contribution in [0, 0.1) is 0 Å². The van der Waals surface area contributed by atoms with Gasteiger partial charge in [-0.15, -0.1) is 0 Å². The van der Waals surface area contributed by atoms with Crippen LogP contribution in [0.2, 0.25) is 0 Å². The number of benzene rings is 2. The molecule has 1 heterocycles. The van der Waals surface area contributed by atoms with Crippen molar-refractivity contribution in [2.75, 3.05) is 26.2 Å². The second-order valence-corrected chi connectivity index (χ2v) is 8.03. The Kier molecular flexibility index (Phi) is 7.23. The summed E-state index contributed by atoms with van der Waals surface area (Å²) in [5, 5.41) is 0. The van der Waals surface area contributed by atoms with Gasteiger partial charge in [-0.1, -0.05) is 58.4 Å². The van der Waals surface area contributed by atoms with Crippen molar-refractivity contribution in [2.45, 2.75) is 25.3 Å². The molecule has 0 spiro atoms. The summed E-state index contributed by atoms with van der Waals surface area (Å²) in [6, 6.07) is 17.4. The summed E-state index contributed by atoms with van der Waals surface area (Å²) >= 11 is 3.41. The number of nitrogens with two attached hydrogens (primary N) is 1. The molecule has 1 aliphatic heterocycles. The van der Waals surface area contributed by atoms with Crippen molar-refractivity contribution in [3.8, 4) is 0 Å². The van der Waals surface area contributed by atoms with Gasteiger partial charge in [0, 0.05) is 37.1 Å². The van der Waals surface area contributed by atoms with E-state index in [0.29, 0.717) is 32.6 Å². The molecule has 0 radical (unpaired) electrons. The van der Waals surface area contributed by atoms with Crippen molar-refractivity contribution in [1.29, 1.82) is 0 Å². The lowest BCUT2D eigenvalue weighted by Crippen LogP contribution is -2.51. The molecule has 0 aromatic heterocycles. The Balaban J connectivity index is 1.50. The van der Waals surface area contributed by atoms with Crippen LogP contribution in [-0.4, -0.2) is 47.8 Å². The molecule has 1 atom stereocenters. The summed E-state index contributed by atoms with van der Waals surface area (Å²) in [7, 11) is 0. The topological polar surface area (TPSA) is 66.6 Å². The largest absolute Gasteiger partial charge is 0.368 e. The number of primary amides is 1. The lowest BCUT2D eigenvalue weighted by molar-refractivity contribution is -0.134. The van der Waals surface area contributed by atoms with E-state index in [1.165, 1.54) is 5.56 Å². The molecule has 148 valence electrons. The van der Waals surface area contributed by atoms with Crippen molar-refractivity contribution >= 4 is 27.7 Å². The van der Waals surface area contributed by atoms with Crippen LogP contribution in [0.1, 0.15) is 30.0 Å². The van der Waals surface area contributed by atoms with E-state index in [-0.39, 0.29) is 11.8 Å². The molecule has 2 aromatic carbocycles. The van der Waals surface area contributed by atoms with Gasteiger partial charge in [-0.25, -0.2) is 0 Å². The molecule has 1 unspecified atom stereocenters. The molecule has 1 aliphatic rings. The number of amides is 2. The predicted octanol–water partition coefficient (Wildman–Crippen LogP) is 3.14. The lowest BCUT2D eigenvalue weighted by atomic mass is 10.0. The van der Waals surface area contributed by atoms with Gasteiger partial charge in [0.2, 0.25) is 11.8 Å². The average molecular weight is 444 g/mol. The molecule has 1 fully saturated rings. The molecule has 5 nitrogen and oxygen atoms in total. The number of nitrogens with zero attached hydrogens (tertiary/aromatic N) is 2. The number of hydrogen-bond donors (Lipinski definition) is 1. The Bertz CT molecular complexity index is 787. The monoisotopic (exact) mass is 443 g/mol. The summed E-state index contributed by atoms with van der Waals surface area (Å²) in [5.41, 5.74) is 7.83. The van der Waals surface area contributed by atoms with Crippen LogP contribution < -0.4 is 5.73 Å². The van der Waals surface area contributed by atoms with E-state index in [1.54, 1.807) is 0 Å². The smallest absolute Gasteiger partial charge is 0.239 e. The summed E-state index contributed by atoms with van der Waals surface area (Å²) in [5.74, 6) is -0.167. The van der Waals surface area contributed by atoms with Crippen molar-refractivity contribution in [3.63, 3.8) is 0 Å². The first-order chi connectivity index (χ1) is 13.5. The Labute approximate surface area is 174 Å². The standard InChI is InChI=1S/C22H26BrN3O2/c23-19-11-9-18(10-12-19)21(22(24)28)26-15-13-25(14-16-26)20(27)8-4-7-17-5-2-1-3-6-17/h1-3,5-6,9-12,21H,4,7-8,13-16H2,(H2,24,28). The van der Waals surface area contributed by atoms with Crippen LogP contribution in [0.5, 0.6) is 0 Å². The second kappa shape index (κ2) is 9.85. The van der Waals surface area contributed by atoms with Gasteiger partial charge in [0.05, 0.1) is 0 Å². The van der Waals surface area contributed by atoms with Gasteiger partial charge in [0.15, 0.2) is 0 Å². The summed E-state index contributed by atoms with van der Waals surface area (Å²) in [6.45, 7) is 2.55. The Hall–Kier alpha value is -2.18. The first kappa shape index (κ1) is 20.6. The molecule has 6 heteroatoms. The zero-order valence-electron chi connectivity index (χ0n) is 15.9. The van der Waals surface area contributed by atoms with Gasteiger partial charge >= 0.3 is 0 Å². The van der Waals surface area contributed by atoms with E-state index in [0.717, 1.165) is 22.9 Å². The molecule has 0 saturated carbocycles. The summed E-state index contributed by atoms with van der Waals surface area (Å²) in [4.78, 5) is 28.6. The fourth-order valence-electron chi connectivity index (χ4n) is 3.68. The quantitative estimate of drug-likeness (QED) is 0.714. The highest BCUT2D eigenvalue weighted by Crippen LogP contribution is 2.24. The molecular weight excluding hydrogens is 418 g/mol. The van der Waals surface area contributed by atoms with Gasteiger partial charge in [0.1, 0.15) is 6.04 Å². The first-order valence-electron chi connectivity index (χ1n) is 9.65. The predicted molar refractivity (Wildman–Crippen MR) is 114 cm³/mol. The number of halogens is 1. The normalized spacial score (nSPS) is 16.0. The molecule has 2 N–H and O–H groups in total. The molecule has 3 rings (SSSR count). The first-order valence-corrected chi connectivity index (χ1v) is 10.4. The van der Waals surface area contributed by atoms with Crippen molar-refractivity contribution < 1.29 is 9.59 Å². The number of hydrogen-bond acceptors (Lipinski definition) is 3. The maximum Gasteiger partial charge on any atom is 0.239 e. The van der Waals surface area contributed by atoms with Crippen LogP contribution >= 0.6 is 15.9 Å². The lowest BCUT2D eigenvalue weighted by Gasteiger charge is -2.38. The molecule has 2 aromatic rings. The van der Waals surface area contributed by atoms with E-state index in [2.05, 4.69) is 33.0 Å². The molecule has 1 saturated heterocycles. The van der Waals surface area contributed by atoms with E-state index in [4.69, 9.17) is 5.73 Å². The Morgan fingerprint density at radius 3 is 2.21 bits per heavy atom. The highest BCUT2D eigenvalue weighted by Gasteiger charge is 2.30. The zero-order chi connectivity index (χ0) is 19.9. The summed E-state index contributed by atoms with van der Waals surface area (Å²) in [6.07, 6.45) is 2.33. The van der Waals surface area contributed by atoms with Gasteiger partial charge in [0.25, 0.3) is 0 Å². The van der Waals surface area contributed by atoms with E-state index in [1.807, 2.05) is 47.4 Å². The minimum absolute atomic E-state index is 0.190. The molecule has 28 heavy (non-hydrogen) atoms. The fourth-order valence-corrected chi connectivity index (χ4v) is 3.94. The molecular formula is C22H26BrN3O2. The van der Waals surface area contributed by atoms with Gasteiger partial charge in [-0.2, -0.15) is 0 Å². The third-order valence-electron chi connectivity index (χ3n) is 5.19. The zero-order valence-corrected chi connectivity index (χ0v) is 17.5. The molecule has 0 aliphatic carbocycles. The van der Waals surface area contributed by atoms with Crippen molar-refractivity contribution in [1.82, 2.24) is 9.80 Å². The number of carbonyl (C=O) groups excluding carboxylic acids is 2. The SMILES string of the molecule is NC(=O)C(c1ccc(Br)cc1)N1CCN(C(=O)CCCc2ccccc2)CC1. The van der Waals surface area contributed by atoms with E-state index in [9.17, 15) is 9.59 Å². The minimum atomic E-state index is -0.455. The maximum atomic E-state index is 12.5. The van der Waals surface area contributed by atoms with Crippen LogP contribution in [0.15, 0.2) is 59.1 Å². The van der Waals surface area contributed by atoms with Gasteiger partial charge in [-0.3, -0.25) is 14.5 Å². The number of aryl methyl sites for hydroxylation is 1. The minimum Gasteiger partial charge on any atom is -0.368 e. The molecule has 0 bridgehead atoms. The average Bonchev–Trinajstić information content (AvgIpc) is 2.71. The second-order valence-electron chi connectivity index (χ2n) is 7.11. The van der Waals surface area contributed by atoms with Gasteiger partial charge < -0.3 is 10.6 Å². The van der Waals surface area contributed by atoms with Gasteiger partial charge in [-0.05, 0) is 36.1 Å². The summed E-state index contributed by atoms with van der Waals surface area (Å²) < 4.78 is 0.963. The number of carbonyl (C=O) groups is 2. The van der Waals surface area contributed by atoms with Crippen molar-refractivity contribution in [3.05, 3.63) is 70.2 Å². The fraction of sp³-hybridized carbons (Fsp3) is 0.364. The third kappa shape index (κ3) is 5.42. The van der Waals surface area contributed by atoms with E-state index >= 15 is 0 Å². The van der Waals surface area contributed by atoms with Crippen LogP contribution in [0.4, 0.5) is 0 Å². The van der Waals surface area contributed by atoms with Crippen molar-refractivity contribution in [2.24, 2.45) is 5.73 Å². The third-order valence-corrected chi connectivity index (χ3v) is 5.71. The van der Waals surface area contributed by atoms with Crippen LogP contribution in [-0.2, 0) is 16.0 Å².